The average Bonchev–Trinajstić information content (AvgIpc) is 2.69. The number of ether oxygens (including phenoxy) is 2. The SMILES string of the molecule is COc1cc2c(Cc3ccc4ncccc4c3)cnc(C)c2cc1OC. The molecule has 0 N–H and O–H groups in total. The molecule has 0 bridgehead atoms. The van der Waals surface area contributed by atoms with Gasteiger partial charge in [0.05, 0.1) is 19.7 Å². The zero-order chi connectivity index (χ0) is 18.1. The molecule has 2 aromatic heterocycles. The molecule has 4 rings (SSSR count). The highest BCUT2D eigenvalue weighted by Gasteiger charge is 2.12. The Morgan fingerprint density at radius 3 is 2.42 bits per heavy atom. The maximum atomic E-state index is 5.49. The third-order valence-corrected chi connectivity index (χ3v) is 4.74. The highest BCUT2D eigenvalue weighted by molar-refractivity contribution is 5.91. The van der Waals surface area contributed by atoms with Gasteiger partial charge in [-0.2, -0.15) is 0 Å². The predicted octanol–water partition coefficient (Wildman–Crippen LogP) is 4.70. The number of nitrogens with zero attached hydrogens (tertiary/aromatic N) is 2. The third kappa shape index (κ3) is 2.84. The average molecular weight is 344 g/mol. The molecular weight excluding hydrogens is 324 g/mol. The van der Waals surface area contributed by atoms with Crippen LogP contribution in [-0.2, 0) is 6.42 Å². The van der Waals surface area contributed by atoms with E-state index in [1.165, 1.54) is 5.56 Å². The smallest absolute Gasteiger partial charge is 0.161 e. The van der Waals surface area contributed by atoms with E-state index in [2.05, 4.69) is 34.2 Å². The van der Waals surface area contributed by atoms with E-state index >= 15 is 0 Å². The summed E-state index contributed by atoms with van der Waals surface area (Å²) < 4.78 is 10.9. The van der Waals surface area contributed by atoms with Gasteiger partial charge in [-0.3, -0.25) is 9.97 Å². The largest absolute Gasteiger partial charge is 0.493 e. The summed E-state index contributed by atoms with van der Waals surface area (Å²) in [6.45, 7) is 2.01. The third-order valence-electron chi connectivity index (χ3n) is 4.74. The first-order valence-electron chi connectivity index (χ1n) is 8.53. The van der Waals surface area contributed by atoms with Crippen molar-refractivity contribution < 1.29 is 9.47 Å². The molecule has 0 aliphatic carbocycles. The van der Waals surface area contributed by atoms with Crippen LogP contribution in [0.3, 0.4) is 0 Å². The van der Waals surface area contributed by atoms with Gasteiger partial charge in [0.15, 0.2) is 11.5 Å². The summed E-state index contributed by atoms with van der Waals surface area (Å²) in [7, 11) is 3.31. The van der Waals surface area contributed by atoms with Crippen LogP contribution in [0.4, 0.5) is 0 Å². The molecule has 4 heteroatoms. The summed E-state index contributed by atoms with van der Waals surface area (Å²) in [5.41, 5.74) is 4.38. The lowest BCUT2D eigenvalue weighted by molar-refractivity contribution is 0.356. The lowest BCUT2D eigenvalue weighted by atomic mass is 9.98. The fraction of sp³-hybridized carbons (Fsp3) is 0.182. The second-order valence-electron chi connectivity index (χ2n) is 6.33. The van der Waals surface area contributed by atoms with Gasteiger partial charge in [-0.25, -0.2) is 0 Å². The van der Waals surface area contributed by atoms with E-state index in [9.17, 15) is 0 Å². The number of hydrogen-bond acceptors (Lipinski definition) is 4. The van der Waals surface area contributed by atoms with Crippen LogP contribution in [0.1, 0.15) is 16.8 Å². The van der Waals surface area contributed by atoms with Gasteiger partial charge in [0.2, 0.25) is 0 Å². The number of methoxy groups -OCH3 is 2. The van der Waals surface area contributed by atoms with Crippen molar-refractivity contribution >= 4 is 21.7 Å². The molecule has 26 heavy (non-hydrogen) atoms. The van der Waals surface area contributed by atoms with Crippen molar-refractivity contribution in [2.75, 3.05) is 14.2 Å². The minimum absolute atomic E-state index is 0.721. The van der Waals surface area contributed by atoms with E-state index in [1.54, 1.807) is 14.2 Å². The van der Waals surface area contributed by atoms with Crippen LogP contribution in [-0.4, -0.2) is 24.2 Å². The summed E-state index contributed by atoms with van der Waals surface area (Å²) in [6, 6.07) is 14.5. The van der Waals surface area contributed by atoms with Gasteiger partial charge >= 0.3 is 0 Å². The molecule has 4 nitrogen and oxygen atoms in total. The Balaban J connectivity index is 1.83. The summed E-state index contributed by atoms with van der Waals surface area (Å²) >= 11 is 0. The number of fused-ring (bicyclic) bond motifs is 2. The first kappa shape index (κ1) is 16.3. The predicted molar refractivity (Wildman–Crippen MR) is 104 cm³/mol. The fourth-order valence-corrected chi connectivity index (χ4v) is 3.35. The van der Waals surface area contributed by atoms with Crippen molar-refractivity contribution in [1.29, 1.82) is 0 Å². The summed E-state index contributed by atoms with van der Waals surface area (Å²) in [6.07, 6.45) is 4.57. The van der Waals surface area contributed by atoms with Crippen LogP contribution in [0.2, 0.25) is 0 Å². The molecule has 0 spiro atoms. The molecule has 0 unspecified atom stereocenters. The first-order chi connectivity index (χ1) is 12.7. The Bertz CT molecular complexity index is 1110. The summed E-state index contributed by atoms with van der Waals surface area (Å²) in [5.74, 6) is 1.45. The zero-order valence-corrected chi connectivity index (χ0v) is 15.1. The fourth-order valence-electron chi connectivity index (χ4n) is 3.35. The first-order valence-corrected chi connectivity index (χ1v) is 8.53. The molecule has 0 atom stereocenters. The van der Waals surface area contributed by atoms with Gasteiger partial charge in [-0.05, 0) is 60.2 Å². The lowest BCUT2D eigenvalue weighted by Gasteiger charge is -2.13. The Kier molecular flexibility index (Phi) is 4.17. The lowest BCUT2D eigenvalue weighted by Crippen LogP contribution is -1.97. The molecule has 4 aromatic rings. The topological polar surface area (TPSA) is 44.2 Å². The van der Waals surface area contributed by atoms with Crippen LogP contribution < -0.4 is 9.47 Å². The van der Waals surface area contributed by atoms with Crippen molar-refractivity contribution in [3.8, 4) is 11.5 Å². The van der Waals surface area contributed by atoms with E-state index in [4.69, 9.17) is 9.47 Å². The minimum Gasteiger partial charge on any atom is -0.493 e. The molecule has 130 valence electrons. The normalized spacial score (nSPS) is 11.0. The Morgan fingerprint density at radius 1 is 0.885 bits per heavy atom. The number of pyridine rings is 2. The molecule has 0 fully saturated rings. The van der Waals surface area contributed by atoms with Crippen molar-refractivity contribution in [2.24, 2.45) is 0 Å². The van der Waals surface area contributed by atoms with Gasteiger partial charge in [-0.1, -0.05) is 12.1 Å². The van der Waals surface area contributed by atoms with Crippen molar-refractivity contribution in [2.45, 2.75) is 13.3 Å². The second-order valence-corrected chi connectivity index (χ2v) is 6.33. The van der Waals surface area contributed by atoms with E-state index in [-0.39, 0.29) is 0 Å². The van der Waals surface area contributed by atoms with E-state index in [1.807, 2.05) is 37.5 Å². The van der Waals surface area contributed by atoms with Gasteiger partial charge < -0.3 is 9.47 Å². The standard InChI is InChI=1S/C22H20N2O2/c1-14-18-11-21(25-2)22(26-3)12-19(18)17(13-24-14)10-15-6-7-20-16(9-15)5-4-8-23-20/h4-9,11-13H,10H2,1-3H3. The quantitative estimate of drug-likeness (QED) is 0.538. The Labute approximate surface area is 152 Å². The van der Waals surface area contributed by atoms with Crippen LogP contribution in [0.15, 0.2) is 54.9 Å². The molecule has 0 aliphatic heterocycles. The van der Waals surface area contributed by atoms with Crippen molar-refractivity contribution in [1.82, 2.24) is 9.97 Å². The molecule has 2 heterocycles. The summed E-state index contributed by atoms with van der Waals surface area (Å²) in [5, 5.41) is 3.37. The molecule has 2 aromatic carbocycles. The Morgan fingerprint density at radius 2 is 1.65 bits per heavy atom. The molecule has 0 radical (unpaired) electrons. The van der Waals surface area contributed by atoms with Gasteiger partial charge in [-0.15, -0.1) is 0 Å². The number of benzene rings is 2. The molecule has 0 saturated heterocycles. The number of rotatable bonds is 4. The van der Waals surface area contributed by atoms with Crippen molar-refractivity contribution in [3.63, 3.8) is 0 Å². The molecule has 0 amide bonds. The van der Waals surface area contributed by atoms with Gasteiger partial charge in [0, 0.05) is 28.9 Å². The van der Waals surface area contributed by atoms with Crippen molar-refractivity contribution in [3.05, 3.63) is 71.7 Å². The maximum absolute atomic E-state index is 5.49. The number of hydrogen-bond donors (Lipinski definition) is 0. The van der Waals surface area contributed by atoms with Crippen LogP contribution in [0, 0.1) is 6.92 Å². The number of aromatic nitrogens is 2. The highest BCUT2D eigenvalue weighted by Crippen LogP contribution is 2.35. The summed E-state index contributed by atoms with van der Waals surface area (Å²) in [4.78, 5) is 8.98. The second kappa shape index (κ2) is 6.64. The van der Waals surface area contributed by atoms with Gasteiger partial charge in [0.1, 0.15) is 0 Å². The Hall–Kier alpha value is -3.14. The van der Waals surface area contributed by atoms with Crippen LogP contribution in [0.25, 0.3) is 21.7 Å². The monoisotopic (exact) mass is 344 g/mol. The van der Waals surface area contributed by atoms with Crippen LogP contribution >= 0.6 is 0 Å². The molecule has 0 saturated carbocycles. The van der Waals surface area contributed by atoms with E-state index in [0.717, 1.165) is 50.9 Å². The van der Waals surface area contributed by atoms with E-state index < -0.39 is 0 Å². The number of aryl methyl sites for hydroxylation is 1. The highest BCUT2D eigenvalue weighted by atomic mass is 16.5. The maximum Gasteiger partial charge on any atom is 0.161 e. The minimum atomic E-state index is 0.721. The zero-order valence-electron chi connectivity index (χ0n) is 15.1. The van der Waals surface area contributed by atoms with Gasteiger partial charge in [0.25, 0.3) is 0 Å². The molecule has 0 aliphatic rings. The molecular formula is C22H20N2O2. The van der Waals surface area contributed by atoms with Crippen LogP contribution in [0.5, 0.6) is 11.5 Å². The van der Waals surface area contributed by atoms with E-state index in [0.29, 0.717) is 0 Å².